The van der Waals surface area contributed by atoms with E-state index in [4.69, 9.17) is 14.2 Å². The van der Waals surface area contributed by atoms with Gasteiger partial charge in [0.15, 0.2) is 11.5 Å². The van der Waals surface area contributed by atoms with Gasteiger partial charge in [-0.3, -0.25) is 9.59 Å². The molecule has 0 N–H and O–H groups in total. The van der Waals surface area contributed by atoms with Crippen LogP contribution >= 0.6 is 0 Å². The Balaban J connectivity index is 1.78. The summed E-state index contributed by atoms with van der Waals surface area (Å²) in [5, 5.41) is 0. The molecule has 0 radical (unpaired) electrons. The molecule has 1 saturated heterocycles. The molecule has 7 heteroatoms. The highest BCUT2D eigenvalue weighted by Gasteiger charge is 2.34. The number of nitrogens with zero attached hydrogens (tertiary/aromatic N) is 2. The molecule has 0 atom stereocenters. The van der Waals surface area contributed by atoms with Gasteiger partial charge >= 0.3 is 0 Å². The molecule has 1 aliphatic heterocycles. The van der Waals surface area contributed by atoms with E-state index >= 15 is 0 Å². The topological polar surface area (TPSA) is 68.3 Å². The van der Waals surface area contributed by atoms with Crippen LogP contribution in [0, 0.1) is 0 Å². The lowest BCUT2D eigenvalue weighted by Gasteiger charge is -2.38. The van der Waals surface area contributed by atoms with E-state index in [1.54, 1.807) is 17.0 Å². The number of methoxy groups -OCH3 is 3. The molecule has 7 nitrogen and oxygen atoms in total. The fourth-order valence-corrected chi connectivity index (χ4v) is 3.83. The van der Waals surface area contributed by atoms with Gasteiger partial charge in [0.25, 0.3) is 5.91 Å². The quantitative estimate of drug-likeness (QED) is 0.801. The molecule has 1 aromatic carbocycles. The summed E-state index contributed by atoms with van der Waals surface area (Å²) in [6.45, 7) is 1.22. The zero-order chi connectivity index (χ0) is 18.7. The van der Waals surface area contributed by atoms with E-state index in [-0.39, 0.29) is 18.4 Å². The van der Waals surface area contributed by atoms with Gasteiger partial charge in [0.1, 0.15) is 12.3 Å². The standard InChI is InChI=1S/C19H26N2O5/c1-24-15-11-17(26-3)16(25-2)10-14(15)19(23)20-8-9-21(18(22)12-20)13-6-4-5-7-13/h10-11,13H,4-9,12H2,1-3H3. The van der Waals surface area contributed by atoms with Gasteiger partial charge in [-0.15, -0.1) is 0 Å². The van der Waals surface area contributed by atoms with Crippen LogP contribution in [-0.2, 0) is 4.79 Å². The predicted molar refractivity (Wildman–Crippen MR) is 96.0 cm³/mol. The Morgan fingerprint density at radius 2 is 1.58 bits per heavy atom. The van der Waals surface area contributed by atoms with Crippen molar-refractivity contribution in [3.63, 3.8) is 0 Å². The molecule has 26 heavy (non-hydrogen) atoms. The van der Waals surface area contributed by atoms with Crippen LogP contribution in [0.25, 0.3) is 0 Å². The number of amides is 2. The maximum absolute atomic E-state index is 13.0. The molecule has 0 unspecified atom stereocenters. The van der Waals surface area contributed by atoms with Crippen molar-refractivity contribution in [2.24, 2.45) is 0 Å². The summed E-state index contributed by atoms with van der Waals surface area (Å²) in [7, 11) is 4.55. The van der Waals surface area contributed by atoms with Crippen LogP contribution in [0.1, 0.15) is 36.0 Å². The average molecular weight is 362 g/mol. The van der Waals surface area contributed by atoms with Crippen molar-refractivity contribution < 1.29 is 23.8 Å². The number of rotatable bonds is 5. The van der Waals surface area contributed by atoms with Crippen LogP contribution < -0.4 is 14.2 Å². The van der Waals surface area contributed by atoms with Gasteiger partial charge in [0.2, 0.25) is 5.91 Å². The zero-order valence-corrected chi connectivity index (χ0v) is 15.6. The highest BCUT2D eigenvalue weighted by atomic mass is 16.5. The third kappa shape index (κ3) is 3.43. The fourth-order valence-electron chi connectivity index (χ4n) is 3.83. The first-order valence-electron chi connectivity index (χ1n) is 8.97. The Labute approximate surface area is 153 Å². The van der Waals surface area contributed by atoms with Crippen molar-refractivity contribution in [2.45, 2.75) is 31.7 Å². The van der Waals surface area contributed by atoms with Crippen LogP contribution in [0.4, 0.5) is 0 Å². The molecule has 2 aliphatic rings. The van der Waals surface area contributed by atoms with Crippen LogP contribution in [0.15, 0.2) is 12.1 Å². The van der Waals surface area contributed by atoms with E-state index in [0.29, 0.717) is 41.9 Å². The summed E-state index contributed by atoms with van der Waals surface area (Å²) < 4.78 is 15.9. The second kappa shape index (κ2) is 7.85. The summed E-state index contributed by atoms with van der Waals surface area (Å²) in [5.41, 5.74) is 0.368. The van der Waals surface area contributed by atoms with Gasteiger partial charge < -0.3 is 24.0 Å². The van der Waals surface area contributed by atoms with E-state index in [9.17, 15) is 9.59 Å². The molecule has 0 spiro atoms. The van der Waals surface area contributed by atoms with E-state index < -0.39 is 0 Å². The highest BCUT2D eigenvalue weighted by Crippen LogP contribution is 2.35. The molecule has 3 rings (SSSR count). The van der Waals surface area contributed by atoms with Crippen LogP contribution in [0.3, 0.4) is 0 Å². The molecule has 0 bridgehead atoms. The first kappa shape index (κ1) is 18.4. The summed E-state index contributed by atoms with van der Waals surface area (Å²) in [5.74, 6) is 1.13. The van der Waals surface area contributed by atoms with E-state index in [2.05, 4.69) is 0 Å². The van der Waals surface area contributed by atoms with Gasteiger partial charge in [0, 0.05) is 31.3 Å². The first-order chi connectivity index (χ1) is 12.6. The molecule has 142 valence electrons. The molecule has 1 aliphatic carbocycles. The Morgan fingerprint density at radius 1 is 0.962 bits per heavy atom. The van der Waals surface area contributed by atoms with Gasteiger partial charge in [-0.05, 0) is 12.8 Å². The van der Waals surface area contributed by atoms with Gasteiger partial charge in [-0.2, -0.15) is 0 Å². The highest BCUT2D eigenvalue weighted by molar-refractivity contribution is 6.00. The summed E-state index contributed by atoms with van der Waals surface area (Å²) in [6, 6.07) is 3.58. The van der Waals surface area contributed by atoms with E-state index in [0.717, 1.165) is 12.8 Å². The van der Waals surface area contributed by atoms with Crippen molar-refractivity contribution in [2.75, 3.05) is 41.0 Å². The number of hydrogen-bond donors (Lipinski definition) is 0. The normalized spacial score (nSPS) is 18.2. The van der Waals surface area contributed by atoms with Crippen molar-refractivity contribution >= 4 is 11.8 Å². The van der Waals surface area contributed by atoms with Crippen molar-refractivity contribution in [1.29, 1.82) is 0 Å². The summed E-state index contributed by atoms with van der Waals surface area (Å²) in [4.78, 5) is 29.1. The summed E-state index contributed by atoms with van der Waals surface area (Å²) in [6.07, 6.45) is 4.51. The second-order valence-electron chi connectivity index (χ2n) is 6.66. The van der Waals surface area contributed by atoms with E-state index in [1.807, 2.05) is 4.90 Å². The SMILES string of the molecule is COc1cc(OC)c(C(=O)N2CCN(C3CCCC3)C(=O)C2)cc1OC. The molecule has 2 amide bonds. The number of carbonyl (C=O) groups is 2. The number of hydrogen-bond acceptors (Lipinski definition) is 5. The lowest BCUT2D eigenvalue weighted by molar-refractivity contribution is -0.137. The number of piperazine rings is 1. The average Bonchev–Trinajstić information content (AvgIpc) is 3.20. The molecular weight excluding hydrogens is 336 g/mol. The smallest absolute Gasteiger partial charge is 0.258 e. The van der Waals surface area contributed by atoms with Gasteiger partial charge in [-0.25, -0.2) is 0 Å². The minimum atomic E-state index is -0.234. The lowest BCUT2D eigenvalue weighted by Crippen LogP contribution is -2.54. The van der Waals surface area contributed by atoms with Crippen LogP contribution in [-0.4, -0.2) is 68.6 Å². The first-order valence-corrected chi connectivity index (χ1v) is 8.97. The van der Waals surface area contributed by atoms with Crippen molar-refractivity contribution in [3.8, 4) is 17.2 Å². The lowest BCUT2D eigenvalue weighted by atomic mass is 10.1. The molecule has 2 fully saturated rings. The number of ether oxygens (including phenoxy) is 3. The third-order valence-corrected chi connectivity index (χ3v) is 5.25. The molecule has 1 aromatic rings. The van der Waals surface area contributed by atoms with Crippen LogP contribution in [0.5, 0.6) is 17.2 Å². The maximum Gasteiger partial charge on any atom is 0.258 e. The minimum Gasteiger partial charge on any atom is -0.496 e. The maximum atomic E-state index is 13.0. The molecule has 1 saturated carbocycles. The molecule has 0 aromatic heterocycles. The molecule has 1 heterocycles. The Morgan fingerprint density at radius 3 is 2.15 bits per heavy atom. The van der Waals surface area contributed by atoms with Crippen LogP contribution in [0.2, 0.25) is 0 Å². The van der Waals surface area contributed by atoms with Crippen molar-refractivity contribution in [1.82, 2.24) is 9.80 Å². The fraction of sp³-hybridized carbons (Fsp3) is 0.579. The summed E-state index contributed by atoms with van der Waals surface area (Å²) >= 11 is 0. The molecular formula is C19H26N2O5. The number of benzene rings is 1. The Hall–Kier alpha value is -2.44. The zero-order valence-electron chi connectivity index (χ0n) is 15.6. The van der Waals surface area contributed by atoms with E-state index in [1.165, 1.54) is 34.2 Å². The van der Waals surface area contributed by atoms with Gasteiger partial charge in [-0.1, -0.05) is 12.8 Å². The van der Waals surface area contributed by atoms with Gasteiger partial charge in [0.05, 0.1) is 26.9 Å². The minimum absolute atomic E-state index is 0.0240. The van der Waals surface area contributed by atoms with Crippen molar-refractivity contribution in [3.05, 3.63) is 17.7 Å². The third-order valence-electron chi connectivity index (χ3n) is 5.25. The second-order valence-corrected chi connectivity index (χ2v) is 6.66. The largest absolute Gasteiger partial charge is 0.496 e. The number of carbonyl (C=O) groups excluding carboxylic acids is 2. The Bertz CT molecular complexity index is 685. The predicted octanol–water partition coefficient (Wildman–Crippen LogP) is 1.94. The Kier molecular flexibility index (Phi) is 5.54. The monoisotopic (exact) mass is 362 g/mol.